The molecule has 0 aromatic rings. The van der Waals surface area contributed by atoms with E-state index in [2.05, 4.69) is 31.3 Å². The minimum atomic E-state index is -0.932. The Morgan fingerprint density at radius 2 is 2.02 bits per heavy atom. The van der Waals surface area contributed by atoms with E-state index >= 15 is 0 Å². The number of quaternary nitrogens is 1. The molecule has 1 saturated carbocycles. The molecule has 0 aromatic carbocycles. The quantitative estimate of drug-likeness (QED) is 0.0871. The Kier molecular flexibility index (Phi) is 10.2. The molecule has 3 saturated heterocycles. The molecular formula is C25H46N9O5S+. The van der Waals surface area contributed by atoms with Gasteiger partial charge in [-0.25, -0.2) is 4.72 Å². The molecule has 4 heterocycles. The van der Waals surface area contributed by atoms with Crippen molar-refractivity contribution in [3.8, 4) is 0 Å². The highest BCUT2D eigenvalue weighted by Gasteiger charge is 2.51. The number of hydrogen-bond donors (Lipinski definition) is 8. The van der Waals surface area contributed by atoms with Gasteiger partial charge in [0.05, 0.1) is 56.3 Å². The van der Waals surface area contributed by atoms with Gasteiger partial charge in [0.15, 0.2) is 17.8 Å². The average Bonchev–Trinajstić information content (AvgIpc) is 3.57. The van der Waals surface area contributed by atoms with Crippen LogP contribution in [0.4, 0.5) is 0 Å². The van der Waals surface area contributed by atoms with Crippen LogP contribution < -0.4 is 43.6 Å². The Hall–Kier alpha value is -1.53. The van der Waals surface area contributed by atoms with Crippen molar-refractivity contribution >= 4 is 23.6 Å². The minimum Gasteiger partial charge on any atom is -0.472 e. The van der Waals surface area contributed by atoms with Gasteiger partial charge in [-0.1, -0.05) is 18.4 Å². The van der Waals surface area contributed by atoms with Gasteiger partial charge < -0.3 is 42.0 Å². The first-order valence-corrected chi connectivity index (χ1v) is 15.3. The zero-order valence-electron chi connectivity index (χ0n) is 23.0. The van der Waals surface area contributed by atoms with Crippen LogP contribution in [-0.2, 0) is 23.8 Å². The van der Waals surface area contributed by atoms with Gasteiger partial charge in [-0.2, -0.15) is 0 Å². The minimum absolute atomic E-state index is 0.0139. The van der Waals surface area contributed by atoms with Crippen molar-refractivity contribution in [2.45, 2.75) is 80.1 Å². The molecule has 40 heavy (non-hydrogen) atoms. The van der Waals surface area contributed by atoms with Crippen LogP contribution >= 0.6 is 11.9 Å². The van der Waals surface area contributed by atoms with E-state index in [-0.39, 0.29) is 29.2 Å². The highest BCUT2D eigenvalue weighted by atomic mass is 32.2. The molecule has 4 fully saturated rings. The highest BCUT2D eigenvalue weighted by molar-refractivity contribution is 7.98. The number of primary amides is 1. The molecule has 5 rings (SSSR count). The highest BCUT2D eigenvalue weighted by Crippen LogP contribution is 2.40. The number of carbonyl (C=O) groups is 2. The lowest BCUT2D eigenvalue weighted by molar-refractivity contribution is -0.431. The number of ether oxygens (including phenoxy) is 3. The second-order valence-corrected chi connectivity index (χ2v) is 12.5. The lowest BCUT2D eigenvalue weighted by atomic mass is 9.91. The Bertz CT molecular complexity index is 923. The van der Waals surface area contributed by atoms with Crippen LogP contribution in [0.1, 0.15) is 32.1 Å². The van der Waals surface area contributed by atoms with E-state index in [1.54, 1.807) is 18.0 Å². The second-order valence-electron chi connectivity index (χ2n) is 11.4. The van der Waals surface area contributed by atoms with E-state index in [4.69, 9.17) is 31.4 Å². The predicted octanol–water partition coefficient (Wildman–Crippen LogP) is -3.57. The molecular weight excluding hydrogens is 538 g/mol. The van der Waals surface area contributed by atoms with Gasteiger partial charge in [0, 0.05) is 43.4 Å². The van der Waals surface area contributed by atoms with Crippen LogP contribution in [0.15, 0.2) is 12.0 Å². The normalized spacial score (nSPS) is 36.2. The summed E-state index contributed by atoms with van der Waals surface area (Å²) in [7, 11) is 0. The van der Waals surface area contributed by atoms with E-state index in [1.807, 2.05) is 0 Å². The molecule has 0 bridgehead atoms. The van der Waals surface area contributed by atoms with E-state index in [9.17, 15) is 9.59 Å². The second kappa shape index (κ2) is 13.6. The van der Waals surface area contributed by atoms with Crippen molar-refractivity contribution in [1.29, 1.82) is 0 Å². The summed E-state index contributed by atoms with van der Waals surface area (Å²) in [6, 6.07) is 0.666. The zero-order chi connectivity index (χ0) is 28.2. The number of rotatable bonds is 11. The molecule has 15 heteroatoms. The van der Waals surface area contributed by atoms with Crippen molar-refractivity contribution in [3.63, 3.8) is 0 Å². The molecule has 0 radical (unpaired) electrons. The maximum absolute atomic E-state index is 12.9. The van der Waals surface area contributed by atoms with Crippen molar-refractivity contribution in [2.75, 3.05) is 39.6 Å². The van der Waals surface area contributed by atoms with E-state index < -0.39 is 30.3 Å². The summed E-state index contributed by atoms with van der Waals surface area (Å²) in [6.45, 7) is 3.50. The fourth-order valence-corrected chi connectivity index (χ4v) is 7.59. The molecule has 13 N–H and O–H groups in total. The zero-order valence-corrected chi connectivity index (χ0v) is 23.8. The van der Waals surface area contributed by atoms with E-state index in [1.165, 1.54) is 12.8 Å². The third kappa shape index (κ3) is 6.91. The summed E-state index contributed by atoms with van der Waals surface area (Å²) in [5, 5.41) is 10.5. The summed E-state index contributed by atoms with van der Waals surface area (Å²) < 4.78 is 21.2. The van der Waals surface area contributed by atoms with Gasteiger partial charge in [0.1, 0.15) is 6.10 Å². The monoisotopic (exact) mass is 584 g/mol. The smallest absolute Gasteiger partial charge is 0.226 e. The third-order valence-corrected chi connectivity index (χ3v) is 9.97. The first-order valence-electron chi connectivity index (χ1n) is 14.5. The number of nitrogens with one attached hydrogen (secondary N) is 4. The summed E-state index contributed by atoms with van der Waals surface area (Å²) in [4.78, 5) is 27.3. The molecule has 4 aliphatic heterocycles. The first kappa shape index (κ1) is 29.9. The van der Waals surface area contributed by atoms with Gasteiger partial charge >= 0.3 is 0 Å². The number of carbonyl (C=O) groups excluding carboxylic acids is 2. The summed E-state index contributed by atoms with van der Waals surface area (Å²) in [5.41, 5.74) is 22.0. The number of amides is 1. The molecule has 7 unspecified atom stereocenters. The Morgan fingerprint density at radius 1 is 1.25 bits per heavy atom. The predicted molar refractivity (Wildman–Crippen MR) is 148 cm³/mol. The molecule has 9 atom stereocenters. The third-order valence-electron chi connectivity index (χ3n) is 8.70. The van der Waals surface area contributed by atoms with Crippen LogP contribution in [0.5, 0.6) is 0 Å². The SMILES string of the molecule is NC(=O)C(C(N)N)C(NCN[C@H]1CCCC[C@H]1[NH3+])NC1CC(C2COC3C(=O)C=C(N4CCOCC4)OC32)SN1. The maximum atomic E-state index is 12.9. The number of nitrogens with two attached hydrogens (primary N) is 3. The Balaban J connectivity index is 1.19. The number of fused-ring (bicyclic) bond motifs is 1. The molecule has 5 aliphatic rings. The number of hydrogen-bond acceptors (Lipinski definition) is 13. The summed E-state index contributed by atoms with van der Waals surface area (Å²) in [6.07, 6.45) is 4.27. The van der Waals surface area contributed by atoms with Crippen LogP contribution in [0.25, 0.3) is 0 Å². The average molecular weight is 585 g/mol. The van der Waals surface area contributed by atoms with E-state index in [0.29, 0.717) is 57.5 Å². The Morgan fingerprint density at radius 3 is 2.75 bits per heavy atom. The molecule has 0 spiro atoms. The topological polar surface area (TPSA) is 219 Å². The summed E-state index contributed by atoms with van der Waals surface area (Å²) in [5.74, 6) is -0.824. The largest absolute Gasteiger partial charge is 0.472 e. The van der Waals surface area contributed by atoms with Crippen LogP contribution in [0.3, 0.4) is 0 Å². The van der Waals surface area contributed by atoms with Gasteiger partial charge in [-0.15, -0.1) is 0 Å². The maximum Gasteiger partial charge on any atom is 0.226 e. The first-order chi connectivity index (χ1) is 19.3. The van der Waals surface area contributed by atoms with Crippen LogP contribution in [0.2, 0.25) is 0 Å². The van der Waals surface area contributed by atoms with Crippen molar-refractivity contribution in [2.24, 2.45) is 29.0 Å². The Labute approximate surface area is 239 Å². The van der Waals surface area contributed by atoms with Gasteiger partial charge in [-0.05, 0) is 19.3 Å². The van der Waals surface area contributed by atoms with Gasteiger partial charge in [0.2, 0.25) is 5.91 Å². The van der Waals surface area contributed by atoms with Gasteiger partial charge in [0.25, 0.3) is 0 Å². The molecule has 0 aromatic heterocycles. The van der Waals surface area contributed by atoms with Crippen LogP contribution in [0, 0.1) is 11.8 Å². The molecule has 1 amide bonds. The van der Waals surface area contributed by atoms with Crippen LogP contribution in [-0.4, -0.2) is 104 Å². The van der Waals surface area contributed by atoms with E-state index in [0.717, 1.165) is 19.3 Å². The van der Waals surface area contributed by atoms with Crippen molar-refractivity contribution < 1.29 is 29.5 Å². The fraction of sp³-hybridized carbons (Fsp3) is 0.840. The lowest BCUT2D eigenvalue weighted by Gasteiger charge is -2.36. The van der Waals surface area contributed by atoms with Crippen molar-refractivity contribution in [1.82, 2.24) is 25.6 Å². The standard InChI is InChI=1S/C25H45N9O5S/c26-14-3-1-2-4-15(14)30-12-31-25(20(23(27)28)24(29)36)32-18-10-17(40-33-18)13-11-38-22-16(35)9-19(39-21(13)22)34-5-7-37-8-6-34/h9,13-15,17-18,20-23,25,30-33H,1-8,10-12,26-28H2,(H2,29,36)/p+1/t13?,14-,15+,17?,18?,20?,21?,22?,25?/m1/s1. The van der Waals surface area contributed by atoms with Crippen molar-refractivity contribution in [3.05, 3.63) is 12.0 Å². The summed E-state index contributed by atoms with van der Waals surface area (Å²) >= 11 is 1.59. The fourth-order valence-electron chi connectivity index (χ4n) is 6.39. The molecule has 1 aliphatic carbocycles. The number of morpholine rings is 1. The number of nitrogens with zero attached hydrogens (tertiary/aromatic N) is 1. The van der Waals surface area contributed by atoms with Gasteiger partial charge in [-0.3, -0.25) is 25.5 Å². The molecule has 226 valence electrons. The molecule has 14 nitrogen and oxygen atoms in total. The lowest BCUT2D eigenvalue weighted by Crippen LogP contribution is -2.71. The number of ketones is 1.